The van der Waals surface area contributed by atoms with Gasteiger partial charge in [0.2, 0.25) is 0 Å². The van der Waals surface area contributed by atoms with Crippen LogP contribution in [0.3, 0.4) is 0 Å². The number of rotatable bonds is 3. The number of hydrogen-bond donors (Lipinski definition) is 0. The molecule has 0 fully saturated rings. The second kappa shape index (κ2) is 5.96. The zero-order valence-corrected chi connectivity index (χ0v) is 12.0. The number of aromatic nitrogens is 1. The highest BCUT2D eigenvalue weighted by Crippen LogP contribution is 2.26. The number of halogens is 2. The lowest BCUT2D eigenvalue weighted by Crippen LogP contribution is -2.11. The number of carbonyl (C=O) groups excluding carboxylic acids is 1. The number of pyridine rings is 1. The van der Waals surface area contributed by atoms with Crippen molar-refractivity contribution in [2.45, 2.75) is 5.92 Å². The third-order valence-electron chi connectivity index (χ3n) is 2.63. The van der Waals surface area contributed by atoms with Gasteiger partial charge >= 0.3 is 0 Å². The molecule has 2 aromatic rings. The van der Waals surface area contributed by atoms with E-state index in [2.05, 4.69) is 20.9 Å². The van der Waals surface area contributed by atoms with Crippen LogP contribution in [0.25, 0.3) is 0 Å². The van der Waals surface area contributed by atoms with Crippen molar-refractivity contribution in [2.75, 3.05) is 0 Å². The van der Waals surface area contributed by atoms with E-state index in [-0.39, 0.29) is 5.78 Å². The van der Waals surface area contributed by atoms with E-state index in [0.717, 1.165) is 0 Å². The SMILES string of the molecule is N#CC(C(=O)c1ccc(Cl)c(Br)c1)c1ccncc1. The van der Waals surface area contributed by atoms with Crippen LogP contribution in [0.1, 0.15) is 21.8 Å². The highest BCUT2D eigenvalue weighted by atomic mass is 79.9. The fourth-order valence-electron chi connectivity index (χ4n) is 1.66. The Morgan fingerprint density at radius 1 is 1.32 bits per heavy atom. The first kappa shape index (κ1) is 13.7. The van der Waals surface area contributed by atoms with E-state index in [1.807, 2.05) is 6.07 Å². The van der Waals surface area contributed by atoms with Crippen LogP contribution in [0, 0.1) is 11.3 Å². The maximum Gasteiger partial charge on any atom is 0.184 e. The number of Topliss-reactive ketones (excluding diaryl/α,β-unsaturated/α-hetero) is 1. The van der Waals surface area contributed by atoms with Crippen molar-refractivity contribution in [1.82, 2.24) is 4.98 Å². The Morgan fingerprint density at radius 2 is 2.00 bits per heavy atom. The van der Waals surface area contributed by atoms with E-state index in [1.165, 1.54) is 0 Å². The summed E-state index contributed by atoms with van der Waals surface area (Å²) in [6.07, 6.45) is 3.12. The Balaban J connectivity index is 2.37. The van der Waals surface area contributed by atoms with Gasteiger partial charge < -0.3 is 0 Å². The summed E-state index contributed by atoms with van der Waals surface area (Å²) in [6, 6.07) is 10.2. The van der Waals surface area contributed by atoms with E-state index >= 15 is 0 Å². The molecule has 0 bridgehead atoms. The molecule has 1 aromatic carbocycles. The van der Waals surface area contributed by atoms with E-state index in [1.54, 1.807) is 42.7 Å². The predicted octanol–water partition coefficient (Wildman–Crippen LogP) is 3.99. The van der Waals surface area contributed by atoms with Crippen molar-refractivity contribution < 1.29 is 4.79 Å². The van der Waals surface area contributed by atoms with E-state index < -0.39 is 5.92 Å². The maximum absolute atomic E-state index is 12.3. The molecular weight excluding hydrogens is 328 g/mol. The molecular formula is C14H8BrClN2O. The summed E-state index contributed by atoms with van der Waals surface area (Å²) in [4.78, 5) is 16.2. The summed E-state index contributed by atoms with van der Waals surface area (Å²) >= 11 is 9.15. The Bertz CT molecular complexity index is 652. The minimum atomic E-state index is -0.837. The summed E-state index contributed by atoms with van der Waals surface area (Å²) < 4.78 is 0.631. The summed E-state index contributed by atoms with van der Waals surface area (Å²) in [6.45, 7) is 0. The van der Waals surface area contributed by atoms with Crippen molar-refractivity contribution >= 4 is 33.3 Å². The van der Waals surface area contributed by atoms with Crippen LogP contribution < -0.4 is 0 Å². The van der Waals surface area contributed by atoms with E-state index in [9.17, 15) is 10.1 Å². The second-order valence-electron chi connectivity index (χ2n) is 3.84. The molecule has 1 unspecified atom stereocenters. The largest absolute Gasteiger partial charge is 0.292 e. The first-order valence-corrected chi connectivity index (χ1v) is 6.59. The Labute approximate surface area is 124 Å². The molecule has 1 heterocycles. The summed E-state index contributed by atoms with van der Waals surface area (Å²) in [5, 5.41) is 9.73. The molecule has 0 aliphatic carbocycles. The standard InChI is InChI=1S/C14H8BrClN2O/c15-12-7-10(1-2-13(12)16)14(19)11(8-17)9-3-5-18-6-4-9/h1-7,11H. The molecule has 19 heavy (non-hydrogen) atoms. The molecule has 0 saturated carbocycles. The van der Waals surface area contributed by atoms with Crippen LogP contribution in [0.2, 0.25) is 5.02 Å². The third-order valence-corrected chi connectivity index (χ3v) is 3.85. The first-order chi connectivity index (χ1) is 9.13. The lowest BCUT2D eigenvalue weighted by molar-refractivity contribution is 0.0979. The fourth-order valence-corrected chi connectivity index (χ4v) is 2.15. The molecule has 0 N–H and O–H groups in total. The molecule has 0 amide bonds. The van der Waals surface area contributed by atoms with Crippen LogP contribution in [0.15, 0.2) is 47.2 Å². The van der Waals surface area contributed by atoms with Gasteiger partial charge in [0.1, 0.15) is 5.92 Å². The molecule has 94 valence electrons. The van der Waals surface area contributed by atoms with Crippen LogP contribution >= 0.6 is 27.5 Å². The first-order valence-electron chi connectivity index (χ1n) is 5.42. The van der Waals surface area contributed by atoms with Gasteiger partial charge in [0.05, 0.1) is 11.1 Å². The number of hydrogen-bond acceptors (Lipinski definition) is 3. The number of carbonyl (C=O) groups is 1. The molecule has 0 spiro atoms. The topological polar surface area (TPSA) is 53.8 Å². The lowest BCUT2D eigenvalue weighted by atomic mass is 9.92. The van der Waals surface area contributed by atoms with Crippen molar-refractivity contribution in [1.29, 1.82) is 5.26 Å². The Morgan fingerprint density at radius 3 is 2.58 bits per heavy atom. The van der Waals surface area contributed by atoms with Gasteiger partial charge in [-0.25, -0.2) is 0 Å². The zero-order valence-electron chi connectivity index (χ0n) is 9.68. The van der Waals surface area contributed by atoms with Crippen LogP contribution in [-0.2, 0) is 0 Å². The van der Waals surface area contributed by atoms with Gasteiger partial charge in [0, 0.05) is 22.4 Å². The zero-order chi connectivity index (χ0) is 13.8. The lowest BCUT2D eigenvalue weighted by Gasteiger charge is -2.09. The number of ketones is 1. The quantitative estimate of drug-likeness (QED) is 0.797. The molecule has 0 saturated heterocycles. The minimum absolute atomic E-state index is 0.258. The fraction of sp³-hybridized carbons (Fsp3) is 0.0714. The number of benzene rings is 1. The highest BCUT2D eigenvalue weighted by molar-refractivity contribution is 9.10. The van der Waals surface area contributed by atoms with Gasteiger partial charge in [0.15, 0.2) is 5.78 Å². The van der Waals surface area contributed by atoms with Gasteiger partial charge in [-0.2, -0.15) is 5.26 Å². The van der Waals surface area contributed by atoms with Crippen LogP contribution in [0.4, 0.5) is 0 Å². The average molecular weight is 336 g/mol. The predicted molar refractivity (Wildman–Crippen MR) is 76.1 cm³/mol. The van der Waals surface area contributed by atoms with Gasteiger partial charge in [0.25, 0.3) is 0 Å². The molecule has 1 aromatic heterocycles. The molecule has 2 rings (SSSR count). The van der Waals surface area contributed by atoms with Gasteiger partial charge in [-0.05, 0) is 51.8 Å². The molecule has 0 aliphatic rings. The normalized spacial score (nSPS) is 11.6. The number of nitriles is 1. The molecule has 1 atom stereocenters. The van der Waals surface area contributed by atoms with Gasteiger partial charge in [-0.15, -0.1) is 0 Å². The second-order valence-corrected chi connectivity index (χ2v) is 5.10. The highest BCUT2D eigenvalue weighted by Gasteiger charge is 2.22. The van der Waals surface area contributed by atoms with Crippen molar-refractivity contribution in [3.63, 3.8) is 0 Å². The molecule has 3 nitrogen and oxygen atoms in total. The molecule has 5 heteroatoms. The minimum Gasteiger partial charge on any atom is -0.292 e. The van der Waals surface area contributed by atoms with Crippen LogP contribution in [0.5, 0.6) is 0 Å². The summed E-state index contributed by atoms with van der Waals surface area (Å²) in [5.74, 6) is -1.10. The van der Waals surface area contributed by atoms with Crippen LogP contribution in [-0.4, -0.2) is 10.8 Å². The smallest absolute Gasteiger partial charge is 0.184 e. The summed E-state index contributed by atoms with van der Waals surface area (Å²) in [5.41, 5.74) is 1.08. The summed E-state index contributed by atoms with van der Waals surface area (Å²) in [7, 11) is 0. The maximum atomic E-state index is 12.3. The monoisotopic (exact) mass is 334 g/mol. The third kappa shape index (κ3) is 3.01. The number of nitrogens with zero attached hydrogens (tertiary/aromatic N) is 2. The molecule has 0 radical (unpaired) electrons. The van der Waals surface area contributed by atoms with Gasteiger partial charge in [-0.3, -0.25) is 9.78 Å². The Kier molecular flexibility index (Phi) is 4.31. The van der Waals surface area contributed by atoms with E-state index in [4.69, 9.17) is 11.6 Å². The Hall–Kier alpha value is -1.70. The molecule has 0 aliphatic heterocycles. The van der Waals surface area contributed by atoms with Crippen molar-refractivity contribution in [3.05, 3.63) is 63.3 Å². The average Bonchev–Trinajstić information content (AvgIpc) is 2.44. The van der Waals surface area contributed by atoms with Crippen molar-refractivity contribution in [2.24, 2.45) is 0 Å². The van der Waals surface area contributed by atoms with Gasteiger partial charge in [-0.1, -0.05) is 11.6 Å². The van der Waals surface area contributed by atoms with E-state index in [0.29, 0.717) is 20.6 Å². The van der Waals surface area contributed by atoms with Crippen molar-refractivity contribution in [3.8, 4) is 6.07 Å².